The van der Waals surface area contributed by atoms with E-state index in [4.69, 9.17) is 4.42 Å². The number of carbonyl (C=O) groups excluding carboxylic acids is 1. The van der Waals surface area contributed by atoms with Gasteiger partial charge in [-0.05, 0) is 43.2 Å². The van der Waals surface area contributed by atoms with Gasteiger partial charge < -0.3 is 20.0 Å². The van der Waals surface area contributed by atoms with Gasteiger partial charge in [-0.1, -0.05) is 12.1 Å². The van der Waals surface area contributed by atoms with Gasteiger partial charge in [0.05, 0.1) is 12.8 Å². The van der Waals surface area contributed by atoms with Crippen molar-refractivity contribution >= 4 is 17.6 Å². The summed E-state index contributed by atoms with van der Waals surface area (Å²) in [6, 6.07) is 12.0. The van der Waals surface area contributed by atoms with Gasteiger partial charge in [-0.3, -0.25) is 4.79 Å². The van der Waals surface area contributed by atoms with Gasteiger partial charge in [0.1, 0.15) is 5.76 Å². The van der Waals surface area contributed by atoms with Gasteiger partial charge in [0.2, 0.25) is 5.91 Å². The predicted octanol–water partition coefficient (Wildman–Crippen LogP) is 2.70. The highest BCUT2D eigenvalue weighted by Gasteiger charge is 2.21. The first-order chi connectivity index (χ1) is 12.8. The summed E-state index contributed by atoms with van der Waals surface area (Å²) >= 11 is 0. The lowest BCUT2D eigenvalue weighted by atomic mass is 10.2. The van der Waals surface area contributed by atoms with E-state index >= 15 is 0 Å². The number of hydrogen-bond donors (Lipinski definition) is 2. The highest BCUT2D eigenvalue weighted by molar-refractivity contribution is 5.95. The molecule has 1 amide bonds. The van der Waals surface area contributed by atoms with Gasteiger partial charge in [0.15, 0.2) is 5.96 Å². The summed E-state index contributed by atoms with van der Waals surface area (Å²) in [4.78, 5) is 18.3. The van der Waals surface area contributed by atoms with Crippen molar-refractivity contribution in [3.8, 4) is 0 Å². The average molecular weight is 354 g/mol. The molecule has 0 atom stereocenters. The summed E-state index contributed by atoms with van der Waals surface area (Å²) in [7, 11) is 0. The van der Waals surface area contributed by atoms with Crippen molar-refractivity contribution in [2.45, 2.75) is 32.7 Å². The number of hydrogen-bond acceptors (Lipinski definition) is 3. The lowest BCUT2D eigenvalue weighted by molar-refractivity contribution is -0.117. The zero-order valence-corrected chi connectivity index (χ0v) is 15.2. The highest BCUT2D eigenvalue weighted by Crippen LogP contribution is 2.21. The third-order valence-corrected chi connectivity index (χ3v) is 4.33. The second kappa shape index (κ2) is 9.08. The molecule has 1 saturated heterocycles. The molecule has 1 aliphatic rings. The van der Waals surface area contributed by atoms with Crippen LogP contribution in [0.2, 0.25) is 0 Å². The highest BCUT2D eigenvalue weighted by atomic mass is 16.3. The van der Waals surface area contributed by atoms with Gasteiger partial charge in [0.25, 0.3) is 0 Å². The van der Waals surface area contributed by atoms with Crippen LogP contribution >= 0.6 is 0 Å². The van der Waals surface area contributed by atoms with E-state index in [9.17, 15) is 4.79 Å². The normalized spacial score (nSPS) is 14.7. The number of benzene rings is 1. The SMILES string of the molecule is CCNC(=NCc1ccc(N2CCCC2=O)cc1)NCCc1ccco1. The number of aliphatic imine (C=N–C) groups is 1. The van der Waals surface area contributed by atoms with Crippen LogP contribution < -0.4 is 15.5 Å². The number of carbonyl (C=O) groups is 1. The summed E-state index contributed by atoms with van der Waals surface area (Å²) in [6.45, 7) is 5.02. The Balaban J connectivity index is 1.53. The fourth-order valence-corrected chi connectivity index (χ4v) is 2.97. The van der Waals surface area contributed by atoms with Gasteiger partial charge in [-0.2, -0.15) is 0 Å². The van der Waals surface area contributed by atoms with E-state index in [1.54, 1.807) is 6.26 Å². The Bertz CT molecular complexity index is 723. The first-order valence-corrected chi connectivity index (χ1v) is 9.20. The Labute approximate surface area is 154 Å². The second-order valence-corrected chi connectivity index (χ2v) is 6.27. The molecule has 0 saturated carbocycles. The molecule has 0 radical (unpaired) electrons. The van der Waals surface area contributed by atoms with Crippen molar-refractivity contribution < 1.29 is 9.21 Å². The number of anilines is 1. The Kier molecular flexibility index (Phi) is 6.30. The lowest BCUT2D eigenvalue weighted by Crippen LogP contribution is -2.38. The predicted molar refractivity (Wildman–Crippen MR) is 103 cm³/mol. The van der Waals surface area contributed by atoms with Gasteiger partial charge in [-0.25, -0.2) is 4.99 Å². The topological polar surface area (TPSA) is 69.9 Å². The zero-order valence-electron chi connectivity index (χ0n) is 15.2. The maximum Gasteiger partial charge on any atom is 0.227 e. The average Bonchev–Trinajstić information content (AvgIpc) is 3.32. The summed E-state index contributed by atoms with van der Waals surface area (Å²) < 4.78 is 5.34. The van der Waals surface area contributed by atoms with Crippen molar-refractivity contribution in [3.05, 3.63) is 54.0 Å². The maximum atomic E-state index is 11.8. The van der Waals surface area contributed by atoms with Crippen LogP contribution in [0.15, 0.2) is 52.1 Å². The molecular weight excluding hydrogens is 328 g/mol. The molecule has 6 nitrogen and oxygen atoms in total. The molecule has 2 aromatic rings. The minimum atomic E-state index is 0.214. The number of furan rings is 1. The van der Waals surface area contributed by atoms with Crippen LogP contribution in [0.4, 0.5) is 5.69 Å². The van der Waals surface area contributed by atoms with E-state index in [-0.39, 0.29) is 5.91 Å². The number of nitrogens with one attached hydrogen (secondary N) is 2. The molecule has 26 heavy (non-hydrogen) atoms. The number of amides is 1. The van der Waals surface area contributed by atoms with Crippen LogP contribution in [-0.2, 0) is 17.8 Å². The molecule has 6 heteroatoms. The molecule has 1 aromatic heterocycles. The molecule has 0 aliphatic carbocycles. The molecular formula is C20H26N4O2. The van der Waals surface area contributed by atoms with E-state index < -0.39 is 0 Å². The van der Waals surface area contributed by atoms with Crippen molar-refractivity contribution in [3.63, 3.8) is 0 Å². The van der Waals surface area contributed by atoms with Gasteiger partial charge in [-0.15, -0.1) is 0 Å². The number of rotatable bonds is 7. The molecule has 2 heterocycles. The maximum absolute atomic E-state index is 11.8. The van der Waals surface area contributed by atoms with E-state index in [2.05, 4.69) is 15.6 Å². The largest absolute Gasteiger partial charge is 0.469 e. The van der Waals surface area contributed by atoms with Crippen LogP contribution in [-0.4, -0.2) is 31.5 Å². The minimum absolute atomic E-state index is 0.214. The van der Waals surface area contributed by atoms with Crippen LogP contribution in [0.25, 0.3) is 0 Å². The van der Waals surface area contributed by atoms with Crippen LogP contribution in [0, 0.1) is 0 Å². The standard InChI is InChI=1S/C20H26N4O2/c1-2-21-20(22-12-11-18-5-4-14-26-18)23-15-16-7-9-17(10-8-16)24-13-3-6-19(24)25/h4-5,7-10,14H,2-3,6,11-13,15H2,1H3,(H2,21,22,23). The molecule has 1 aromatic carbocycles. The summed E-state index contributed by atoms with van der Waals surface area (Å²) in [6.07, 6.45) is 4.10. The van der Waals surface area contributed by atoms with Gasteiger partial charge in [0, 0.05) is 38.2 Å². The quantitative estimate of drug-likeness (QED) is 0.592. The van der Waals surface area contributed by atoms with E-state index in [1.807, 2.05) is 48.2 Å². The van der Waals surface area contributed by atoms with Crippen LogP contribution in [0.1, 0.15) is 31.1 Å². The third kappa shape index (κ3) is 4.88. The first kappa shape index (κ1) is 18.0. The molecule has 138 valence electrons. The first-order valence-electron chi connectivity index (χ1n) is 9.20. The Morgan fingerprint density at radius 1 is 1.23 bits per heavy atom. The van der Waals surface area contributed by atoms with Crippen LogP contribution in [0.5, 0.6) is 0 Å². The summed E-state index contributed by atoms with van der Waals surface area (Å²) in [5, 5.41) is 6.57. The van der Waals surface area contributed by atoms with E-state index in [1.165, 1.54) is 0 Å². The fourth-order valence-electron chi connectivity index (χ4n) is 2.97. The van der Waals surface area contributed by atoms with Gasteiger partial charge >= 0.3 is 0 Å². The van der Waals surface area contributed by atoms with Crippen molar-refractivity contribution in [2.24, 2.45) is 4.99 Å². The third-order valence-electron chi connectivity index (χ3n) is 4.33. The molecule has 1 aliphatic heterocycles. The number of nitrogens with zero attached hydrogens (tertiary/aromatic N) is 2. The monoisotopic (exact) mass is 354 g/mol. The molecule has 0 bridgehead atoms. The van der Waals surface area contributed by atoms with E-state index in [0.29, 0.717) is 13.0 Å². The van der Waals surface area contributed by atoms with Crippen LogP contribution in [0.3, 0.4) is 0 Å². The Hall–Kier alpha value is -2.76. The number of guanidine groups is 1. The summed E-state index contributed by atoms with van der Waals surface area (Å²) in [5.74, 6) is 1.96. The Morgan fingerprint density at radius 3 is 2.73 bits per heavy atom. The second-order valence-electron chi connectivity index (χ2n) is 6.27. The molecule has 0 unspecified atom stereocenters. The van der Waals surface area contributed by atoms with Crippen molar-refractivity contribution in [2.75, 3.05) is 24.5 Å². The van der Waals surface area contributed by atoms with Crippen molar-refractivity contribution in [1.82, 2.24) is 10.6 Å². The smallest absolute Gasteiger partial charge is 0.227 e. The Morgan fingerprint density at radius 2 is 2.08 bits per heavy atom. The molecule has 0 spiro atoms. The summed E-state index contributed by atoms with van der Waals surface area (Å²) in [5.41, 5.74) is 2.09. The minimum Gasteiger partial charge on any atom is -0.469 e. The van der Waals surface area contributed by atoms with Crippen molar-refractivity contribution in [1.29, 1.82) is 0 Å². The fraction of sp³-hybridized carbons (Fsp3) is 0.400. The van der Waals surface area contributed by atoms with E-state index in [0.717, 1.165) is 55.4 Å². The molecule has 1 fully saturated rings. The lowest BCUT2D eigenvalue weighted by Gasteiger charge is -2.15. The molecule has 2 N–H and O–H groups in total. The zero-order chi connectivity index (χ0) is 18.2. The molecule has 3 rings (SSSR count).